The molecule has 0 atom stereocenters. The third kappa shape index (κ3) is 19.2. The Kier molecular flexibility index (Phi) is 29.1. The normalized spacial score (nSPS) is 10.5. The van der Waals surface area contributed by atoms with Crippen LogP contribution in [0.5, 0.6) is 0 Å². The van der Waals surface area contributed by atoms with E-state index in [0.717, 1.165) is 71.2 Å². The summed E-state index contributed by atoms with van der Waals surface area (Å²) in [5.74, 6) is 1.98. The van der Waals surface area contributed by atoms with Gasteiger partial charge in [0.05, 0.1) is 22.2 Å². The van der Waals surface area contributed by atoms with Gasteiger partial charge in [0, 0.05) is 120 Å². The topological polar surface area (TPSA) is 95.4 Å². The minimum atomic E-state index is 0. The number of aryl methyl sites for hydroxylation is 10. The second-order valence-electron chi connectivity index (χ2n) is 25.7. The average Bonchev–Trinajstić information content (AvgIpc) is 1.07. The largest absolute Gasteiger partial charge is 0.464 e. The Bertz CT molecular complexity index is 5300. The number of nitrogens with zero attached hydrogens (tertiary/aromatic N) is 7. The minimum Gasteiger partial charge on any atom is -0.464 e. The molecule has 0 N–H and O–H groups in total. The second-order valence-corrected chi connectivity index (χ2v) is 27.7. The van der Waals surface area contributed by atoms with Crippen LogP contribution in [0.4, 0.5) is 0 Å². The van der Waals surface area contributed by atoms with E-state index < -0.39 is 0 Å². The summed E-state index contributed by atoms with van der Waals surface area (Å²) in [4.78, 5) is 10.9. The molecule has 16 aromatic rings. The van der Waals surface area contributed by atoms with Crippen molar-refractivity contribution in [2.75, 3.05) is 0 Å². The predicted octanol–water partition coefficient (Wildman–Crippen LogP) is 24.4. The number of hydrogen-bond acceptors (Lipinski definition) is 9. The smallest absolute Gasteiger partial charge is 0.238 e. The summed E-state index contributed by atoms with van der Waals surface area (Å²) in [5, 5.41) is 20.1. The molecule has 12 aromatic carbocycles. The molecule has 107 heavy (non-hydrogen) atoms. The first-order chi connectivity index (χ1) is 50.1. The van der Waals surface area contributed by atoms with Crippen LogP contribution in [0.3, 0.4) is 0 Å². The quantitative estimate of drug-likeness (QED) is 0.112. The molecule has 8 nitrogen and oxygen atoms in total. The van der Waals surface area contributed by atoms with Crippen LogP contribution in [0.15, 0.2) is 271 Å². The fourth-order valence-electron chi connectivity index (χ4n) is 13.4. The molecule has 0 amide bonds. The third-order valence-electron chi connectivity index (χ3n) is 18.1. The van der Waals surface area contributed by atoms with Crippen molar-refractivity contribution in [2.24, 2.45) is 7.05 Å². The summed E-state index contributed by atoms with van der Waals surface area (Å²) in [6.45, 7) is 21.4. The van der Waals surface area contributed by atoms with Crippen LogP contribution < -0.4 is 0 Å². The molecule has 0 saturated carbocycles. The van der Waals surface area contributed by atoms with Gasteiger partial charge >= 0.3 is 0 Å². The van der Waals surface area contributed by atoms with Gasteiger partial charge in [0.1, 0.15) is 5.01 Å². The van der Waals surface area contributed by atoms with Crippen molar-refractivity contribution in [3.8, 4) is 132 Å². The van der Waals surface area contributed by atoms with E-state index >= 15 is 0 Å². The van der Waals surface area contributed by atoms with E-state index in [1.807, 2.05) is 97.1 Å². The van der Waals surface area contributed by atoms with E-state index in [4.69, 9.17) is 14.4 Å². The number of thiazole rings is 1. The van der Waals surface area contributed by atoms with Crippen LogP contribution >= 0.6 is 22.7 Å². The molecule has 0 bridgehead atoms. The zero-order valence-corrected chi connectivity index (χ0v) is 72.3. The van der Waals surface area contributed by atoms with Gasteiger partial charge < -0.3 is 8.98 Å². The molecular formula is C93H77Ir4N7OS2-4. The van der Waals surface area contributed by atoms with Crippen molar-refractivity contribution in [3.05, 3.63) is 347 Å². The minimum absolute atomic E-state index is 0. The Morgan fingerprint density at radius 3 is 1.03 bits per heavy atom. The van der Waals surface area contributed by atoms with Gasteiger partial charge in [0.25, 0.3) is 0 Å². The Hall–Kier alpha value is -9.22. The molecule has 0 aliphatic heterocycles. The summed E-state index contributed by atoms with van der Waals surface area (Å²) in [6, 6.07) is 104. The molecule has 4 aromatic heterocycles. The van der Waals surface area contributed by atoms with Crippen molar-refractivity contribution < 1.29 is 84.8 Å². The summed E-state index contributed by atoms with van der Waals surface area (Å²) >= 11 is 3.37. The van der Waals surface area contributed by atoms with Crippen LogP contribution in [-0.4, -0.2) is 34.9 Å². The third-order valence-corrected chi connectivity index (χ3v) is 20.3. The van der Waals surface area contributed by atoms with Gasteiger partial charge in [-0.05, 0) is 164 Å². The van der Waals surface area contributed by atoms with Gasteiger partial charge in [-0.1, -0.05) is 175 Å². The van der Waals surface area contributed by atoms with E-state index in [1.165, 1.54) is 105 Å². The maximum Gasteiger partial charge on any atom is 0.238 e. The first-order valence-corrected chi connectivity index (χ1v) is 36.0. The molecule has 0 aliphatic rings. The monoisotopic (exact) mass is 2140 g/mol. The van der Waals surface area contributed by atoms with Crippen molar-refractivity contribution in [1.29, 1.82) is 0 Å². The first-order valence-electron chi connectivity index (χ1n) is 34.4. The van der Waals surface area contributed by atoms with Gasteiger partial charge in [0.15, 0.2) is 5.89 Å². The Labute approximate surface area is 691 Å². The molecule has 0 aliphatic carbocycles. The van der Waals surface area contributed by atoms with Crippen molar-refractivity contribution >= 4 is 22.7 Å². The Morgan fingerprint density at radius 1 is 0.290 bits per heavy atom. The van der Waals surface area contributed by atoms with Gasteiger partial charge in [-0.25, -0.2) is 0 Å². The fraction of sp³-hybridized carbons (Fsp3) is 0.118. The summed E-state index contributed by atoms with van der Waals surface area (Å²) in [6.07, 6.45) is 0. The van der Waals surface area contributed by atoms with Gasteiger partial charge in [0.2, 0.25) is 5.89 Å². The number of imidazole rings is 1. The van der Waals surface area contributed by atoms with E-state index in [9.17, 15) is 0 Å². The molecule has 0 fully saturated rings. The van der Waals surface area contributed by atoms with Crippen molar-refractivity contribution in [3.63, 3.8) is 0 Å². The standard InChI is InChI=1S/C25H23N2.C24H20NS.C22H17N2O.C22H17N2S.4Ir/c1-17-15-22(20-11-7-5-8-12-20)16-18(2)23(17)24-19(3)26-25(27(24)4)21-13-9-6-10-14-21;1-16-14-21(19-10-6-4-7-11-19)15-17(2)22(16)23-18(3)25-24(26-23)20-12-8-5-9-13-20;2*1-15-13-19(17-9-5-3-6-10-17)14-16(2)20(15)22-24-23-21(25-22)18-11-7-4-8-12-18;;;;/h5-13,15-16H,1-4H3;4-12,14-15H,1-3H3;2*3-11,13-14H,1-2H3;;;;/q4*-1;;;;. The van der Waals surface area contributed by atoms with E-state index in [-0.39, 0.29) is 80.4 Å². The zero-order valence-electron chi connectivity index (χ0n) is 61.1. The van der Waals surface area contributed by atoms with Crippen LogP contribution in [0.25, 0.3) is 132 Å². The van der Waals surface area contributed by atoms with E-state index in [0.29, 0.717) is 11.8 Å². The van der Waals surface area contributed by atoms with E-state index in [1.54, 1.807) is 22.7 Å². The number of benzene rings is 12. The molecule has 0 spiro atoms. The second kappa shape index (κ2) is 38.0. The number of hydrogen-bond donors (Lipinski definition) is 0. The maximum absolute atomic E-state index is 5.91. The first kappa shape index (κ1) is 81.8. The van der Waals surface area contributed by atoms with Crippen LogP contribution in [0.2, 0.25) is 0 Å². The van der Waals surface area contributed by atoms with Gasteiger partial charge in [-0.3, -0.25) is 9.97 Å². The SMILES string of the molecule is Cc1cc(-c2ccccc2)cc(C)c1-c1c(C)nc(-c2[c-]cccc2)n1C.Cc1cc(-c2ccccc2)cc(C)c1-c1nnc(-c2[c-]cccc2)o1.Cc1cc(-c2ccccc2)cc(C)c1-c1nnc(-c2[c-]cccc2)s1.Cc1cc(-c2ccccc2)cc(C)c1-c1sc(-c2[c-]cccc2)nc1C.[Ir].[Ir].[Ir].[Ir]. The summed E-state index contributed by atoms with van der Waals surface area (Å²) in [7, 11) is 2.09. The fourth-order valence-corrected chi connectivity index (χ4v) is 15.6. The maximum atomic E-state index is 5.91. The molecule has 0 saturated heterocycles. The molecule has 542 valence electrons. The van der Waals surface area contributed by atoms with E-state index in [2.05, 4.69) is 295 Å². The molecule has 16 rings (SSSR count). The molecule has 0 unspecified atom stereocenters. The van der Waals surface area contributed by atoms with Crippen LogP contribution in [-0.2, 0) is 87.5 Å². The number of aromatic nitrogens is 7. The van der Waals surface area contributed by atoms with Crippen molar-refractivity contribution in [2.45, 2.75) is 69.2 Å². The molecule has 4 heterocycles. The van der Waals surface area contributed by atoms with Gasteiger partial charge in [-0.2, -0.15) is 21.5 Å². The molecule has 4 radical (unpaired) electrons. The predicted molar refractivity (Wildman–Crippen MR) is 427 cm³/mol. The van der Waals surface area contributed by atoms with Crippen LogP contribution in [0.1, 0.15) is 55.9 Å². The number of rotatable bonds is 12. The van der Waals surface area contributed by atoms with Gasteiger partial charge in [-0.15, -0.1) is 160 Å². The Morgan fingerprint density at radius 2 is 0.626 bits per heavy atom. The average molecular weight is 2140 g/mol. The van der Waals surface area contributed by atoms with Crippen LogP contribution in [0, 0.1) is 93.5 Å². The summed E-state index contributed by atoms with van der Waals surface area (Å²) in [5.41, 5.74) is 31.6. The van der Waals surface area contributed by atoms with Crippen molar-refractivity contribution in [1.82, 2.24) is 34.9 Å². The Balaban J connectivity index is 0.000000163. The molecular weight excluding hydrogens is 2060 g/mol. The summed E-state index contributed by atoms with van der Waals surface area (Å²) < 4.78 is 8.10. The molecule has 14 heteroatoms. The zero-order chi connectivity index (χ0) is 71.5.